The van der Waals surface area contributed by atoms with E-state index in [4.69, 9.17) is 29.2 Å². The molecule has 0 bridgehead atoms. The second-order valence-electron chi connectivity index (χ2n) is 20.5. The fourth-order valence-electron chi connectivity index (χ4n) is 8.11. The summed E-state index contributed by atoms with van der Waals surface area (Å²) in [5.41, 5.74) is 0. The number of amides is 5. The predicted molar refractivity (Wildman–Crippen MR) is 319 cm³/mol. The Bertz CT molecular complexity index is 2180. The molecule has 1 aromatic heterocycles. The molecule has 3 unspecified atom stereocenters. The van der Waals surface area contributed by atoms with Crippen molar-refractivity contribution < 1.29 is 90.6 Å². The van der Waals surface area contributed by atoms with Crippen LogP contribution in [0.15, 0.2) is 0 Å². The number of carboxylic acid groups (broad SMARTS) is 3. The Morgan fingerprint density at radius 3 is 1.67 bits per heavy atom. The second kappa shape index (κ2) is 53.5. The second-order valence-corrected chi connectivity index (χ2v) is 23.2. The summed E-state index contributed by atoms with van der Waals surface area (Å²) in [6, 6.07) is -2.14. The maximum Gasteiger partial charge on any atom is 0.326 e. The highest BCUT2D eigenvalue weighted by Crippen LogP contribution is 2.14. The molecule has 0 saturated heterocycles. The van der Waals surface area contributed by atoms with Gasteiger partial charge < -0.3 is 55.5 Å². The molecule has 30 heteroatoms. The smallest absolute Gasteiger partial charge is 0.326 e. The van der Waals surface area contributed by atoms with Crippen molar-refractivity contribution in [2.45, 2.75) is 199 Å². The summed E-state index contributed by atoms with van der Waals surface area (Å²) in [6.45, 7) is 4.60. The third kappa shape index (κ3) is 49.4. The van der Waals surface area contributed by atoms with Crippen LogP contribution in [-0.4, -0.2) is 199 Å². The number of carboxylic acids is 3. The monoisotopic (exact) mass is 1270 g/mol. The molecule has 9 N–H and O–H groups in total. The van der Waals surface area contributed by atoms with Crippen LogP contribution in [0.2, 0.25) is 0 Å². The number of nitrogens with zero attached hydrogens (tertiary/aromatic N) is 3. The van der Waals surface area contributed by atoms with Crippen LogP contribution in [0.4, 0.5) is 0 Å². The zero-order valence-corrected chi connectivity index (χ0v) is 52.5. The van der Waals surface area contributed by atoms with Crippen molar-refractivity contribution in [1.82, 2.24) is 46.6 Å². The lowest BCUT2D eigenvalue weighted by atomic mass is 10.0. The molecule has 0 aliphatic carbocycles. The highest BCUT2D eigenvalue weighted by atomic mass is 32.2. The number of sulfonamides is 1. The van der Waals surface area contributed by atoms with Gasteiger partial charge in [-0.2, -0.15) is 17.0 Å². The number of H-pyrrole nitrogens is 1. The third-order valence-electron chi connectivity index (χ3n) is 13.0. The van der Waals surface area contributed by atoms with Gasteiger partial charge in [-0.15, -0.1) is 10.2 Å². The summed E-state index contributed by atoms with van der Waals surface area (Å²) < 4.78 is 47.5. The topological polar surface area (TPSA) is 417 Å². The number of thioether (sulfide) groups is 1. The van der Waals surface area contributed by atoms with E-state index in [0.29, 0.717) is 44.4 Å². The molecular weight excluding hydrogens is 1170 g/mol. The van der Waals surface area contributed by atoms with E-state index < -0.39 is 57.7 Å². The lowest BCUT2D eigenvalue weighted by Gasteiger charge is -2.15. The van der Waals surface area contributed by atoms with Gasteiger partial charge in [0, 0.05) is 64.6 Å². The summed E-state index contributed by atoms with van der Waals surface area (Å²) in [5, 5.41) is 51.5. The van der Waals surface area contributed by atoms with Gasteiger partial charge >= 0.3 is 17.9 Å². The Balaban J connectivity index is 0.00000173. The Hall–Kier alpha value is -5.69. The van der Waals surface area contributed by atoms with Crippen molar-refractivity contribution in [2.75, 3.05) is 83.7 Å². The number of hydrogen-bond acceptors (Lipinski definition) is 20. The van der Waals surface area contributed by atoms with Gasteiger partial charge in [0.05, 0.1) is 50.5 Å². The van der Waals surface area contributed by atoms with Crippen molar-refractivity contribution in [2.24, 2.45) is 5.92 Å². The first kappa shape index (κ1) is 80.3. The highest BCUT2D eigenvalue weighted by molar-refractivity contribution is 7.99. The molecule has 0 radical (unpaired) electrons. The maximum atomic E-state index is 12.2. The fourth-order valence-corrected chi connectivity index (χ4v) is 9.55. The molecule has 3 atom stereocenters. The van der Waals surface area contributed by atoms with Crippen LogP contribution in [0.1, 0.15) is 187 Å². The average Bonchev–Trinajstić information content (AvgIpc) is 4.01. The van der Waals surface area contributed by atoms with Crippen LogP contribution in [0.5, 0.6) is 0 Å². The van der Waals surface area contributed by atoms with E-state index in [1.165, 1.54) is 63.1 Å². The molecular formula is C56H99N9O19S2. The Labute approximate surface area is 510 Å². The minimum atomic E-state index is -3.79. The number of aromatic nitrogens is 4. The molecule has 86 heavy (non-hydrogen) atoms. The van der Waals surface area contributed by atoms with Gasteiger partial charge in [-0.1, -0.05) is 89.7 Å². The molecule has 0 saturated carbocycles. The summed E-state index contributed by atoms with van der Waals surface area (Å²) in [5.74, 6) is -5.46. The zero-order chi connectivity index (χ0) is 64.1. The Morgan fingerprint density at radius 2 is 1.09 bits per heavy atom. The molecule has 1 aromatic rings. The van der Waals surface area contributed by atoms with E-state index in [-0.39, 0.29) is 152 Å². The van der Waals surface area contributed by atoms with Gasteiger partial charge in [0.1, 0.15) is 31.1 Å². The molecule has 1 rings (SSSR count). The van der Waals surface area contributed by atoms with Crippen LogP contribution < -0.4 is 26.0 Å². The average molecular weight is 1270 g/mol. The van der Waals surface area contributed by atoms with Crippen molar-refractivity contribution in [3.8, 4) is 0 Å². The standard InChI is InChI=1S/C32H58N6O9S.C24H41N3O10S/c1-2-27(32(42)43)25-28(39)26-47-23-22-46-21-20-33-30(40)19-16-24-48(44,45)36-31(41)18-15-13-11-9-7-5-3-4-6-8-10-12-14-17-29-34-37-38-35-29;1-3-20(29)26-19(24(34)35)10-9-17(28)7-6-12-36-13-14-37-15-21(30)27-18(23(32)33)8-4-5-11-25-22(31)16-38-2/h27H,2-26H2,1H3,(H,33,40)(H,36,41)(H,42,43)(H,34,35,37,38);18-19H,3-16H2,1-2H3,(H,25,31)(H,26,29)(H,27,30)(H,32,33)(H,34,35). The van der Waals surface area contributed by atoms with E-state index in [9.17, 15) is 61.5 Å². The van der Waals surface area contributed by atoms with Crippen molar-refractivity contribution in [1.29, 1.82) is 0 Å². The van der Waals surface area contributed by atoms with E-state index in [2.05, 4.69) is 46.6 Å². The van der Waals surface area contributed by atoms with Crippen LogP contribution >= 0.6 is 11.8 Å². The van der Waals surface area contributed by atoms with Gasteiger partial charge in [-0.3, -0.25) is 43.1 Å². The van der Waals surface area contributed by atoms with E-state index in [1.54, 1.807) is 13.8 Å². The minimum absolute atomic E-state index is 0.00101. The number of aromatic amines is 1. The summed E-state index contributed by atoms with van der Waals surface area (Å²) in [4.78, 5) is 116. The largest absolute Gasteiger partial charge is 0.481 e. The molecule has 0 fully saturated rings. The summed E-state index contributed by atoms with van der Waals surface area (Å²) in [7, 11) is -3.79. The normalized spacial score (nSPS) is 12.2. The molecule has 0 aliphatic rings. The van der Waals surface area contributed by atoms with Gasteiger partial charge in [-0.25, -0.2) is 18.0 Å². The number of rotatable bonds is 57. The van der Waals surface area contributed by atoms with E-state index >= 15 is 0 Å². The number of hydrogen-bond donors (Lipinski definition) is 9. The first-order valence-corrected chi connectivity index (χ1v) is 33.2. The van der Waals surface area contributed by atoms with Crippen LogP contribution in [-0.2, 0) is 83.3 Å². The fraction of sp³-hybridized carbons (Fsp3) is 0.804. The lowest BCUT2D eigenvalue weighted by molar-refractivity contribution is -0.144. The predicted octanol–water partition coefficient (Wildman–Crippen LogP) is 4.00. The van der Waals surface area contributed by atoms with Gasteiger partial charge in [0.2, 0.25) is 39.6 Å². The van der Waals surface area contributed by atoms with E-state index in [0.717, 1.165) is 37.9 Å². The number of carbonyl (C=O) groups is 10. The number of ether oxygens (including phenoxy) is 4. The number of unbranched alkanes of at least 4 members (excludes halogenated alkanes) is 13. The molecule has 0 aromatic carbocycles. The number of Topliss-reactive ketones (excluding diaryl/α,β-unsaturated/α-hetero) is 2. The Kier molecular flexibility index (Phi) is 50.0. The summed E-state index contributed by atoms with van der Waals surface area (Å²) in [6.07, 6.45) is 20.2. The first-order valence-electron chi connectivity index (χ1n) is 30.1. The molecule has 0 spiro atoms. The van der Waals surface area contributed by atoms with Crippen LogP contribution in [0.3, 0.4) is 0 Å². The van der Waals surface area contributed by atoms with Gasteiger partial charge in [0.15, 0.2) is 11.6 Å². The first-order chi connectivity index (χ1) is 41.2. The van der Waals surface area contributed by atoms with Crippen LogP contribution in [0, 0.1) is 5.92 Å². The SMILES string of the molecule is CCC(=O)NC(CCC(=O)CCCOCCOCC(=O)NC(CCCCNC(=O)CSC)C(=O)O)C(=O)O.CCC(CC(=O)COCCOCCNC(=O)CCCS(=O)(=O)NC(=O)CCCCCCCCCCCCCCCc1nn[nH]n1)C(=O)O. The number of carbonyl (C=O) groups excluding carboxylic acids is 7. The molecule has 1 heterocycles. The quantitative estimate of drug-likeness (QED) is 0.0416. The minimum Gasteiger partial charge on any atom is -0.481 e. The number of tetrazole rings is 1. The third-order valence-corrected chi connectivity index (χ3v) is 14.9. The lowest BCUT2D eigenvalue weighted by Crippen LogP contribution is -2.42. The number of nitrogens with one attached hydrogen (secondary N) is 6. The molecule has 0 aliphatic heterocycles. The van der Waals surface area contributed by atoms with Crippen molar-refractivity contribution >= 4 is 80.8 Å². The molecule has 5 amide bonds. The van der Waals surface area contributed by atoms with Crippen molar-refractivity contribution in [3.05, 3.63) is 5.82 Å². The number of aliphatic carboxylic acids is 3. The maximum absolute atomic E-state index is 12.2. The molecule has 494 valence electrons. The highest BCUT2D eigenvalue weighted by Gasteiger charge is 2.22. The number of ketones is 2. The van der Waals surface area contributed by atoms with Crippen LogP contribution in [0.25, 0.3) is 0 Å². The van der Waals surface area contributed by atoms with Gasteiger partial charge in [-0.05, 0) is 64.0 Å². The molecule has 28 nitrogen and oxygen atoms in total. The van der Waals surface area contributed by atoms with Crippen molar-refractivity contribution in [3.63, 3.8) is 0 Å². The zero-order valence-electron chi connectivity index (χ0n) is 50.8. The summed E-state index contributed by atoms with van der Waals surface area (Å²) >= 11 is 1.41. The van der Waals surface area contributed by atoms with Gasteiger partial charge in [0.25, 0.3) is 0 Å². The number of aryl methyl sites for hydroxylation is 1. The van der Waals surface area contributed by atoms with E-state index in [1.807, 2.05) is 6.26 Å². The Morgan fingerprint density at radius 1 is 0.535 bits per heavy atom.